The summed E-state index contributed by atoms with van der Waals surface area (Å²) in [5.74, 6) is 0. The van der Waals surface area contributed by atoms with Crippen LogP contribution >= 0.6 is 0 Å². The predicted octanol–water partition coefficient (Wildman–Crippen LogP) is 0.894. The van der Waals surface area contributed by atoms with Gasteiger partial charge in [-0.25, -0.2) is 0 Å². The van der Waals surface area contributed by atoms with Crippen molar-refractivity contribution >= 4 is 0 Å². The van der Waals surface area contributed by atoms with E-state index >= 15 is 0 Å². The van der Waals surface area contributed by atoms with Gasteiger partial charge in [-0.2, -0.15) is 0 Å². The van der Waals surface area contributed by atoms with Crippen LogP contribution < -0.4 is 0 Å². The molecule has 0 aromatic heterocycles. The van der Waals surface area contributed by atoms with Gasteiger partial charge in [0.2, 0.25) is 0 Å². The predicted molar refractivity (Wildman–Crippen MR) is 35.7 cm³/mol. The van der Waals surface area contributed by atoms with Crippen LogP contribution in [0.3, 0.4) is 0 Å². The Morgan fingerprint density at radius 2 is 0.0909 bits per heavy atom. The van der Waals surface area contributed by atoms with Crippen LogP contribution in [0, 0.1) is 81.7 Å². The molecule has 0 amide bonds. The van der Waals surface area contributed by atoms with Gasteiger partial charge < -0.3 is 0 Å². The Bertz CT molecular complexity index is 0. The summed E-state index contributed by atoms with van der Waals surface area (Å²) in [6, 6.07) is 0. The fourth-order valence-corrected chi connectivity index (χ4v) is 0. The highest BCUT2D eigenvalue weighted by atomic mass is 12.0. The average molecular weight is 132 g/mol. The standard InChI is InChI=1S/11C. The second-order valence-corrected chi connectivity index (χ2v) is 0. The number of hydrogen-bond acceptors (Lipinski definition) is 0. The van der Waals surface area contributed by atoms with Gasteiger partial charge in [0.1, 0.15) is 0 Å². The highest BCUT2D eigenvalue weighted by Crippen LogP contribution is 0.0913. The number of hydrogen-bond donors (Lipinski definition) is 0. The lowest BCUT2D eigenvalue weighted by molar-refractivity contribution is 3.24. The molecule has 0 aliphatic heterocycles. The quantitative estimate of drug-likeness (QED) is 0.459. The molecule has 0 atom stereocenters. The minimum atomic E-state index is 0. The van der Waals surface area contributed by atoms with Crippen LogP contribution in [0.4, 0.5) is 0 Å². The van der Waals surface area contributed by atoms with E-state index in [1.165, 1.54) is 0 Å². The van der Waals surface area contributed by atoms with Crippen LogP contribution in [0.1, 0.15) is 0 Å². The zero-order valence-electron chi connectivity index (χ0n) is 5.50. The van der Waals surface area contributed by atoms with Crippen molar-refractivity contribution < 1.29 is 0 Å². The van der Waals surface area contributed by atoms with Crippen molar-refractivity contribution in [1.82, 2.24) is 0 Å². The summed E-state index contributed by atoms with van der Waals surface area (Å²) in [6.45, 7) is 0. The Morgan fingerprint density at radius 3 is 0.0909 bits per heavy atom. The van der Waals surface area contributed by atoms with E-state index in [2.05, 4.69) is 0 Å². The normalized spacial score (nSPS) is 0. The average Bonchev–Trinajstić information content (AvgIpc) is 0. The maximum absolute atomic E-state index is 0. The van der Waals surface area contributed by atoms with Gasteiger partial charge in [0.15, 0.2) is 0 Å². The smallest absolute Gasteiger partial charge is 0 e. The van der Waals surface area contributed by atoms with Crippen LogP contribution in [0.15, 0.2) is 0 Å². The summed E-state index contributed by atoms with van der Waals surface area (Å²) in [6.07, 6.45) is 0. The topological polar surface area (TPSA) is 0 Å². The van der Waals surface area contributed by atoms with E-state index in [1.807, 2.05) is 0 Å². The van der Waals surface area contributed by atoms with Gasteiger partial charge in [-0.05, 0) is 0 Å². The van der Waals surface area contributed by atoms with Crippen molar-refractivity contribution in [3.63, 3.8) is 0 Å². The third-order valence-electron chi connectivity index (χ3n) is 0. The number of rotatable bonds is 0. The van der Waals surface area contributed by atoms with Crippen molar-refractivity contribution in [1.29, 1.82) is 0 Å². The Hall–Kier alpha value is 0. The van der Waals surface area contributed by atoms with Crippen LogP contribution in [-0.2, 0) is 0 Å². The molecule has 0 spiro atoms. The Morgan fingerprint density at radius 1 is 0.0909 bits per heavy atom. The van der Waals surface area contributed by atoms with Crippen molar-refractivity contribution in [3.8, 4) is 0 Å². The molecule has 0 rings (SSSR count). The molecule has 0 aromatic carbocycles. The van der Waals surface area contributed by atoms with Crippen LogP contribution in [0.25, 0.3) is 0 Å². The fraction of sp³-hybridized carbons (Fsp3) is 0. The summed E-state index contributed by atoms with van der Waals surface area (Å²) < 4.78 is 0. The minimum Gasteiger partial charge on any atom is 0 e. The maximum Gasteiger partial charge on any atom is 0 e. The van der Waals surface area contributed by atoms with Gasteiger partial charge >= 0.3 is 0 Å². The van der Waals surface area contributed by atoms with Crippen LogP contribution in [-0.4, -0.2) is 0 Å². The lowest BCUT2D eigenvalue weighted by atomic mass is 12.0. The van der Waals surface area contributed by atoms with Gasteiger partial charge in [0.25, 0.3) is 0 Å². The highest BCUT2D eigenvalue weighted by Gasteiger charge is 0.0100. The lowest BCUT2D eigenvalue weighted by Gasteiger charge is -0.00100. The van der Waals surface area contributed by atoms with E-state index in [4.69, 9.17) is 0 Å². The van der Waals surface area contributed by atoms with E-state index in [0.29, 0.717) is 0 Å². The second kappa shape index (κ2) is 0. The first-order valence-electron chi connectivity index (χ1n) is 0. The summed E-state index contributed by atoms with van der Waals surface area (Å²) >= 11 is 0. The van der Waals surface area contributed by atoms with Gasteiger partial charge in [0.05, 0.1) is 0 Å². The lowest BCUT2D eigenvalue weighted by Crippen LogP contribution is 0.0803. The molecule has 44 valence electrons. The van der Waals surface area contributed by atoms with E-state index < -0.39 is 0 Å². The Labute approximate surface area is 82.4 Å². The molecular weight excluding hydrogens is 132 g/mol. The molecule has 0 nitrogen and oxygen atoms in total. The molecule has 0 N–H and O–H groups in total. The molecule has 0 fully saturated rings. The van der Waals surface area contributed by atoms with Crippen molar-refractivity contribution in [3.05, 3.63) is 81.7 Å². The van der Waals surface area contributed by atoms with Crippen LogP contribution in [0.2, 0.25) is 0 Å². The zero-order valence-corrected chi connectivity index (χ0v) is 5.50. The van der Waals surface area contributed by atoms with Gasteiger partial charge in [-0.3, -0.25) is 0 Å². The summed E-state index contributed by atoms with van der Waals surface area (Å²) in [4.78, 5) is 0. The molecule has 44 radical (unpaired) electrons. The molecule has 11 heavy (non-hydrogen) atoms. The van der Waals surface area contributed by atoms with Crippen molar-refractivity contribution in [2.24, 2.45) is 0 Å². The minimum absolute atomic E-state index is 0. The highest BCUT2D eigenvalue weighted by molar-refractivity contribution is 3.25. The molecule has 0 unspecified atom stereocenters. The largest absolute Gasteiger partial charge is 0 e. The SMILES string of the molecule is [C].[C].[C].[C].[C].[C].[C].[C].[C].[C].[C]. The molecule has 0 aliphatic rings. The van der Waals surface area contributed by atoms with Gasteiger partial charge in [-0.15, -0.1) is 0 Å². The molecule has 0 saturated heterocycles. The maximum atomic E-state index is 0. The summed E-state index contributed by atoms with van der Waals surface area (Å²) in [5.41, 5.74) is 0. The monoisotopic (exact) mass is 132 g/mol. The van der Waals surface area contributed by atoms with Crippen molar-refractivity contribution in [2.45, 2.75) is 0 Å². The molecule has 0 saturated carbocycles. The van der Waals surface area contributed by atoms with E-state index in [1.54, 1.807) is 0 Å². The molecule has 0 heteroatoms. The third-order valence-corrected chi connectivity index (χ3v) is 0. The summed E-state index contributed by atoms with van der Waals surface area (Å²) in [5, 5.41) is 0. The first kappa shape index (κ1) is 0. The fourth-order valence-electron chi connectivity index (χ4n) is 0. The van der Waals surface area contributed by atoms with Crippen molar-refractivity contribution in [2.75, 3.05) is 0 Å². The van der Waals surface area contributed by atoms with E-state index in [9.17, 15) is 0 Å². The molecule has 0 aliphatic carbocycles. The molecular formula is C11. The second-order valence-electron chi connectivity index (χ2n) is 0. The molecule has 0 bridgehead atoms. The Balaban J connectivity index is 0. The Kier molecular flexibility index (Phi) is 0. The van der Waals surface area contributed by atoms with E-state index in [-0.39, 0.29) is 81.7 Å². The summed E-state index contributed by atoms with van der Waals surface area (Å²) in [7, 11) is 0. The van der Waals surface area contributed by atoms with Gasteiger partial charge in [-0.1, -0.05) is 0 Å². The zero-order chi connectivity index (χ0) is 0. The van der Waals surface area contributed by atoms with Gasteiger partial charge in [0, 0.05) is 81.7 Å². The third kappa shape index (κ3) is 0. The first-order chi connectivity index (χ1) is 0. The molecule has 0 heterocycles. The van der Waals surface area contributed by atoms with Crippen LogP contribution in [0.5, 0.6) is 0 Å². The van der Waals surface area contributed by atoms with E-state index in [0.717, 1.165) is 0 Å². The first-order valence-corrected chi connectivity index (χ1v) is 0. The molecule has 0 aromatic rings.